The van der Waals surface area contributed by atoms with Gasteiger partial charge in [-0.05, 0) is 102 Å². The van der Waals surface area contributed by atoms with Gasteiger partial charge in [0.25, 0.3) is 0 Å². The first-order valence-electron chi connectivity index (χ1n) is 17.3. The van der Waals surface area contributed by atoms with E-state index in [1.54, 1.807) is 6.07 Å². The quantitative estimate of drug-likeness (QED) is 0.224. The normalized spacial score (nSPS) is 24.6. The largest absolute Gasteiger partial charge is 0.437 e. The predicted molar refractivity (Wildman–Crippen MR) is 168 cm³/mol. The van der Waals surface area contributed by atoms with Gasteiger partial charge < -0.3 is 4.42 Å². The fourth-order valence-corrected chi connectivity index (χ4v) is 6.57. The average Bonchev–Trinajstić information content (AvgIpc) is 3.32. The number of aromatic nitrogens is 2. The number of nitrogens with zero attached hydrogens (tertiary/aromatic N) is 2. The highest BCUT2D eigenvalue weighted by Crippen LogP contribution is 2.42. The van der Waals surface area contributed by atoms with Crippen molar-refractivity contribution in [2.45, 2.75) is 85.3 Å². The lowest BCUT2D eigenvalue weighted by molar-refractivity contribution is 0.268. The van der Waals surface area contributed by atoms with Crippen molar-refractivity contribution in [3.63, 3.8) is 0 Å². The molecule has 1 saturated carbocycles. The van der Waals surface area contributed by atoms with Gasteiger partial charge in [0.2, 0.25) is 5.71 Å². The molecule has 0 bridgehead atoms. The van der Waals surface area contributed by atoms with Crippen molar-refractivity contribution < 1.29 is 12.6 Å². The summed E-state index contributed by atoms with van der Waals surface area (Å²) in [6.45, 7) is 9.26. The standard InChI is InChI=1S/C37H42N2O/c1-21(2)27-10-8-11-28(22(3)4)35(27)33-15-14-30-29-12-9-13-31(36(29)40-37(30)39-33)34-19-32(25(7)20-38-34)26-17-23(5)16-24(6)18-26/h8-15,19-24,26H,16-18H2,1-7H3/i7D3,21D,22D,26D. The summed E-state index contributed by atoms with van der Waals surface area (Å²) in [6.07, 6.45) is 3.65. The Morgan fingerprint density at radius 1 is 0.875 bits per heavy atom. The first-order valence-corrected chi connectivity index (χ1v) is 14.3. The summed E-state index contributed by atoms with van der Waals surface area (Å²) in [7, 11) is 0. The molecule has 3 heteroatoms. The number of furan rings is 1. The molecule has 1 fully saturated rings. The Morgan fingerprint density at radius 2 is 1.57 bits per heavy atom. The molecule has 5 aromatic rings. The van der Waals surface area contributed by atoms with E-state index in [-0.39, 0.29) is 5.56 Å². The molecule has 0 radical (unpaired) electrons. The predicted octanol–water partition coefficient (Wildman–Crippen LogP) is 10.8. The Kier molecular flexibility index (Phi) is 5.36. The lowest BCUT2D eigenvalue weighted by Gasteiger charge is -2.32. The molecule has 0 aliphatic heterocycles. The van der Waals surface area contributed by atoms with Gasteiger partial charge in [0.1, 0.15) is 5.58 Å². The third-order valence-electron chi connectivity index (χ3n) is 8.32. The van der Waals surface area contributed by atoms with E-state index in [4.69, 9.17) is 16.3 Å². The van der Waals surface area contributed by atoms with Gasteiger partial charge in [-0.2, -0.15) is 0 Å². The molecule has 0 spiro atoms. The molecule has 0 amide bonds. The van der Waals surface area contributed by atoms with Crippen LogP contribution in [0.5, 0.6) is 0 Å². The van der Waals surface area contributed by atoms with E-state index in [1.165, 1.54) is 6.20 Å². The Hall–Kier alpha value is -3.46. The third kappa shape index (κ3) is 4.74. The van der Waals surface area contributed by atoms with Gasteiger partial charge in [-0.1, -0.05) is 71.9 Å². The summed E-state index contributed by atoms with van der Waals surface area (Å²) in [5.41, 5.74) is 5.92. The average molecular weight is 537 g/mol. The fourth-order valence-electron chi connectivity index (χ4n) is 6.57. The molecule has 40 heavy (non-hydrogen) atoms. The second-order valence-electron chi connectivity index (χ2n) is 12.1. The Morgan fingerprint density at radius 3 is 2.25 bits per heavy atom. The first-order chi connectivity index (χ1) is 21.4. The molecule has 2 unspecified atom stereocenters. The van der Waals surface area contributed by atoms with Crippen LogP contribution in [0.25, 0.3) is 44.6 Å². The van der Waals surface area contributed by atoms with Crippen LogP contribution >= 0.6 is 0 Å². The van der Waals surface area contributed by atoms with E-state index in [9.17, 15) is 1.37 Å². The summed E-state index contributed by atoms with van der Waals surface area (Å²) >= 11 is 0. The monoisotopic (exact) mass is 536 g/mol. The SMILES string of the molecule is [2H]C([2H])([2H])c1cnc(-c2cccc3c2oc2nc(-c4c(C([2H])(C)C)cccc4C([2H])(C)C)ccc23)cc1C1([2H])CC(C)CC(C)C1. The number of hydrogen-bond acceptors (Lipinski definition) is 3. The molecule has 3 nitrogen and oxygen atoms in total. The van der Waals surface area contributed by atoms with Crippen molar-refractivity contribution in [1.82, 2.24) is 9.97 Å². The zero-order valence-corrected chi connectivity index (χ0v) is 24.4. The van der Waals surface area contributed by atoms with Gasteiger partial charge in [-0.25, -0.2) is 4.98 Å². The molecule has 2 atom stereocenters. The van der Waals surface area contributed by atoms with Gasteiger partial charge >= 0.3 is 0 Å². The zero-order valence-electron chi connectivity index (χ0n) is 30.4. The minimum atomic E-state index is -2.39. The third-order valence-corrected chi connectivity index (χ3v) is 8.32. The number of rotatable bonds is 5. The number of para-hydroxylation sites is 1. The lowest BCUT2D eigenvalue weighted by atomic mass is 9.73. The van der Waals surface area contributed by atoms with Crippen LogP contribution in [0.15, 0.2) is 65.2 Å². The molecule has 3 heterocycles. The van der Waals surface area contributed by atoms with Gasteiger partial charge in [0, 0.05) is 36.3 Å². The van der Waals surface area contributed by atoms with E-state index in [2.05, 4.69) is 18.8 Å². The van der Waals surface area contributed by atoms with E-state index in [1.807, 2.05) is 76.2 Å². The van der Waals surface area contributed by atoms with Crippen molar-refractivity contribution >= 4 is 22.1 Å². The van der Waals surface area contributed by atoms with E-state index >= 15 is 0 Å². The number of fused-ring (bicyclic) bond motifs is 3. The summed E-state index contributed by atoms with van der Waals surface area (Å²) < 4.78 is 58.5. The molecule has 1 aliphatic rings. The molecule has 206 valence electrons. The second kappa shape index (κ2) is 10.5. The highest BCUT2D eigenvalue weighted by molar-refractivity contribution is 6.08. The van der Waals surface area contributed by atoms with Gasteiger partial charge in [-0.3, -0.25) is 4.98 Å². The zero-order chi connectivity index (χ0) is 33.4. The molecule has 0 saturated heterocycles. The molecule has 2 aromatic carbocycles. The minimum Gasteiger partial charge on any atom is -0.437 e. The molecular weight excluding hydrogens is 488 g/mol. The van der Waals surface area contributed by atoms with Crippen LogP contribution in [0.4, 0.5) is 0 Å². The van der Waals surface area contributed by atoms with E-state index < -0.39 is 24.5 Å². The maximum atomic E-state index is 9.54. The molecule has 6 rings (SSSR count). The van der Waals surface area contributed by atoms with Crippen LogP contribution in [-0.2, 0) is 0 Å². The maximum Gasteiger partial charge on any atom is 0.227 e. The summed E-state index contributed by atoms with van der Waals surface area (Å²) in [5.74, 6) is -2.23. The van der Waals surface area contributed by atoms with Crippen molar-refractivity contribution in [3.8, 4) is 22.5 Å². The topological polar surface area (TPSA) is 38.9 Å². The number of benzene rings is 2. The van der Waals surface area contributed by atoms with Crippen LogP contribution in [0.3, 0.4) is 0 Å². The van der Waals surface area contributed by atoms with Gasteiger partial charge in [0.15, 0.2) is 0 Å². The number of pyridine rings is 2. The second-order valence-corrected chi connectivity index (χ2v) is 12.1. The summed E-state index contributed by atoms with van der Waals surface area (Å²) in [5, 5.41) is 1.67. The fraction of sp³-hybridized carbons (Fsp3) is 0.405. The lowest BCUT2D eigenvalue weighted by Crippen LogP contribution is -2.19. The van der Waals surface area contributed by atoms with Crippen LogP contribution in [0.2, 0.25) is 0 Å². The Bertz CT molecular complexity index is 1900. The molecular formula is C37H42N2O. The van der Waals surface area contributed by atoms with Crippen LogP contribution in [0, 0.1) is 18.7 Å². The summed E-state index contributed by atoms with van der Waals surface area (Å²) in [4.78, 5) is 9.61. The van der Waals surface area contributed by atoms with Crippen LogP contribution < -0.4 is 0 Å². The Labute approximate surface area is 247 Å². The number of aryl methyl sites for hydroxylation is 1. The summed E-state index contributed by atoms with van der Waals surface area (Å²) in [6, 6.07) is 17.3. The van der Waals surface area contributed by atoms with Crippen molar-refractivity contribution in [3.05, 3.63) is 83.0 Å². The number of hydrogen-bond donors (Lipinski definition) is 0. The molecule has 1 aliphatic carbocycles. The van der Waals surface area contributed by atoms with Crippen LogP contribution in [-0.4, -0.2) is 9.97 Å². The highest BCUT2D eigenvalue weighted by atomic mass is 16.3. The smallest absolute Gasteiger partial charge is 0.227 e. The van der Waals surface area contributed by atoms with Crippen LogP contribution in [0.1, 0.15) is 109 Å². The molecule has 0 N–H and O–H groups in total. The minimum absolute atomic E-state index is 0.139. The van der Waals surface area contributed by atoms with Gasteiger partial charge in [0.05, 0.1) is 11.4 Å². The van der Waals surface area contributed by atoms with Crippen molar-refractivity contribution in [2.75, 3.05) is 0 Å². The van der Waals surface area contributed by atoms with Crippen molar-refractivity contribution in [2.24, 2.45) is 11.8 Å². The Balaban J connectivity index is 1.54. The van der Waals surface area contributed by atoms with Gasteiger partial charge in [-0.15, -0.1) is 0 Å². The first kappa shape index (κ1) is 20.4. The maximum absolute atomic E-state index is 9.54. The van der Waals surface area contributed by atoms with Crippen molar-refractivity contribution in [1.29, 1.82) is 0 Å². The van der Waals surface area contributed by atoms with E-state index in [0.717, 1.165) is 33.9 Å². The molecule has 3 aromatic heterocycles. The van der Waals surface area contributed by atoms with E-state index in [0.29, 0.717) is 58.5 Å². The highest BCUT2D eigenvalue weighted by Gasteiger charge is 2.27.